The van der Waals surface area contributed by atoms with Crippen molar-refractivity contribution in [2.45, 2.75) is 51.2 Å². The Morgan fingerprint density at radius 1 is 1.32 bits per heavy atom. The van der Waals surface area contributed by atoms with E-state index < -0.39 is 12.1 Å². The summed E-state index contributed by atoms with van der Waals surface area (Å²) in [6.07, 6.45) is 5.09. The molecule has 1 aromatic carbocycles. The van der Waals surface area contributed by atoms with Crippen molar-refractivity contribution in [2.75, 3.05) is 6.61 Å². The van der Waals surface area contributed by atoms with Crippen molar-refractivity contribution in [3.63, 3.8) is 0 Å². The summed E-state index contributed by atoms with van der Waals surface area (Å²) in [5.74, 6) is 0.727. The third-order valence-electron chi connectivity index (χ3n) is 4.24. The number of aromatic hydroxyl groups is 1. The second kappa shape index (κ2) is 8.96. The Kier molecular flexibility index (Phi) is 7.97. The molecule has 1 aromatic rings. The number of hydrogen-bond acceptors (Lipinski definition) is 4. The van der Waals surface area contributed by atoms with Crippen LogP contribution in [0.3, 0.4) is 0 Å². The molecule has 0 heterocycles. The highest BCUT2D eigenvalue weighted by atomic mass is 79.9. The van der Waals surface area contributed by atoms with E-state index in [4.69, 9.17) is 10.5 Å². The minimum Gasteiger partial charge on any atom is -0.503 e. The summed E-state index contributed by atoms with van der Waals surface area (Å²) in [6.45, 7) is 2.32. The van der Waals surface area contributed by atoms with Gasteiger partial charge in [0.15, 0.2) is 11.5 Å². The summed E-state index contributed by atoms with van der Waals surface area (Å²) in [5, 5.41) is 20.5. The molecule has 4 N–H and O–H groups in total. The molecule has 2 rings (SSSR count). The standard InChI is InChI=1S/C16H24BrNO3.ClH/c1-2-21-13-9-11(8-12(17)16(13)20)14(18)15(19)10-6-4-3-5-7-10;/h8-10,14-15,19-20H,2-7,18H2,1H3;1H/t14-,15+;/m0./s1. The highest BCUT2D eigenvalue weighted by Gasteiger charge is 2.28. The number of nitrogens with two attached hydrogens (primary N) is 1. The summed E-state index contributed by atoms with van der Waals surface area (Å²) in [5.41, 5.74) is 7.02. The molecule has 1 saturated carbocycles. The molecule has 22 heavy (non-hydrogen) atoms. The molecule has 1 aliphatic carbocycles. The van der Waals surface area contributed by atoms with Crippen LogP contribution in [0.25, 0.3) is 0 Å². The quantitative estimate of drug-likeness (QED) is 0.707. The van der Waals surface area contributed by atoms with Crippen LogP contribution >= 0.6 is 28.3 Å². The summed E-state index contributed by atoms with van der Waals surface area (Å²) in [7, 11) is 0. The number of rotatable bonds is 5. The van der Waals surface area contributed by atoms with E-state index in [2.05, 4.69) is 15.9 Å². The first-order valence-corrected chi connectivity index (χ1v) is 8.42. The predicted octanol–water partition coefficient (Wildman–Crippen LogP) is 3.92. The number of phenolic OH excluding ortho intramolecular Hbond substituents is 1. The highest BCUT2D eigenvalue weighted by molar-refractivity contribution is 9.10. The van der Waals surface area contributed by atoms with Crippen molar-refractivity contribution >= 4 is 28.3 Å². The molecule has 2 atom stereocenters. The molecule has 0 radical (unpaired) electrons. The molecule has 0 amide bonds. The Bertz CT molecular complexity index is 481. The third kappa shape index (κ3) is 4.51. The van der Waals surface area contributed by atoms with Gasteiger partial charge >= 0.3 is 0 Å². The largest absolute Gasteiger partial charge is 0.503 e. The fourth-order valence-corrected chi connectivity index (χ4v) is 3.48. The Morgan fingerprint density at radius 2 is 1.95 bits per heavy atom. The molecular weight excluding hydrogens is 370 g/mol. The zero-order valence-electron chi connectivity index (χ0n) is 12.8. The maximum absolute atomic E-state index is 10.5. The van der Waals surface area contributed by atoms with Crippen LogP contribution < -0.4 is 10.5 Å². The van der Waals surface area contributed by atoms with E-state index >= 15 is 0 Å². The first kappa shape index (κ1) is 19.6. The van der Waals surface area contributed by atoms with Gasteiger partial charge in [-0.1, -0.05) is 19.3 Å². The third-order valence-corrected chi connectivity index (χ3v) is 4.84. The number of ether oxygens (including phenoxy) is 1. The molecule has 1 aliphatic rings. The van der Waals surface area contributed by atoms with Gasteiger partial charge in [-0.05, 0) is 59.3 Å². The molecule has 126 valence electrons. The Labute approximate surface area is 146 Å². The first-order valence-electron chi connectivity index (χ1n) is 7.63. The molecule has 0 bridgehead atoms. The second-order valence-corrected chi connectivity index (χ2v) is 6.55. The Balaban J connectivity index is 0.00000242. The van der Waals surface area contributed by atoms with Gasteiger partial charge in [0, 0.05) is 0 Å². The van der Waals surface area contributed by atoms with Crippen molar-refractivity contribution in [1.29, 1.82) is 0 Å². The smallest absolute Gasteiger partial charge is 0.172 e. The average molecular weight is 395 g/mol. The van der Waals surface area contributed by atoms with E-state index in [1.807, 2.05) is 6.92 Å². The first-order chi connectivity index (χ1) is 10.0. The van der Waals surface area contributed by atoms with Crippen LogP contribution in [0, 0.1) is 5.92 Å². The lowest BCUT2D eigenvalue weighted by atomic mass is 9.81. The Morgan fingerprint density at radius 3 is 2.55 bits per heavy atom. The second-order valence-electron chi connectivity index (χ2n) is 5.70. The summed E-state index contributed by atoms with van der Waals surface area (Å²) in [4.78, 5) is 0. The molecule has 0 saturated heterocycles. The molecule has 1 fully saturated rings. The number of phenols is 1. The SMILES string of the molecule is CCOc1cc([C@H](N)[C@H](O)C2CCCCC2)cc(Br)c1O.Cl. The van der Waals surface area contributed by atoms with E-state index in [0.29, 0.717) is 16.8 Å². The van der Waals surface area contributed by atoms with Crippen LogP contribution in [0.4, 0.5) is 0 Å². The molecule has 4 nitrogen and oxygen atoms in total. The van der Waals surface area contributed by atoms with Crippen LogP contribution in [-0.2, 0) is 0 Å². The number of aliphatic hydroxyl groups excluding tert-OH is 1. The minimum atomic E-state index is -0.559. The maximum atomic E-state index is 10.5. The van der Waals surface area contributed by atoms with Gasteiger partial charge in [0.1, 0.15) is 0 Å². The number of hydrogen-bond donors (Lipinski definition) is 3. The molecule has 0 spiro atoms. The topological polar surface area (TPSA) is 75.7 Å². The average Bonchev–Trinajstić information content (AvgIpc) is 2.51. The fourth-order valence-electron chi connectivity index (χ4n) is 3.02. The zero-order chi connectivity index (χ0) is 15.4. The fraction of sp³-hybridized carbons (Fsp3) is 0.625. The van der Waals surface area contributed by atoms with E-state index in [9.17, 15) is 10.2 Å². The van der Waals surface area contributed by atoms with Crippen LogP contribution in [0.15, 0.2) is 16.6 Å². The van der Waals surface area contributed by atoms with Gasteiger partial charge in [-0.3, -0.25) is 0 Å². The van der Waals surface area contributed by atoms with Crippen molar-refractivity contribution in [1.82, 2.24) is 0 Å². The van der Waals surface area contributed by atoms with Gasteiger partial charge in [-0.2, -0.15) is 0 Å². The van der Waals surface area contributed by atoms with E-state index in [0.717, 1.165) is 31.2 Å². The predicted molar refractivity (Wildman–Crippen MR) is 93.7 cm³/mol. The monoisotopic (exact) mass is 393 g/mol. The maximum Gasteiger partial charge on any atom is 0.172 e. The molecule has 6 heteroatoms. The van der Waals surface area contributed by atoms with Crippen molar-refractivity contribution in [2.24, 2.45) is 11.7 Å². The molecular formula is C16H25BrClNO3. The highest BCUT2D eigenvalue weighted by Crippen LogP contribution is 2.39. The Hall–Kier alpha value is -0.490. The lowest BCUT2D eigenvalue weighted by molar-refractivity contribution is 0.0617. The lowest BCUT2D eigenvalue weighted by Crippen LogP contribution is -2.34. The molecule has 0 aromatic heterocycles. The van der Waals surface area contributed by atoms with Gasteiger partial charge in [-0.15, -0.1) is 12.4 Å². The van der Waals surface area contributed by atoms with E-state index in [1.54, 1.807) is 12.1 Å². The van der Waals surface area contributed by atoms with Crippen LogP contribution in [0.1, 0.15) is 50.6 Å². The summed E-state index contributed by atoms with van der Waals surface area (Å²) >= 11 is 3.31. The number of benzene rings is 1. The van der Waals surface area contributed by atoms with Crippen LogP contribution in [0.2, 0.25) is 0 Å². The van der Waals surface area contributed by atoms with E-state index in [-0.39, 0.29) is 24.1 Å². The summed E-state index contributed by atoms with van der Waals surface area (Å²) < 4.78 is 5.95. The van der Waals surface area contributed by atoms with Gasteiger partial charge in [0.2, 0.25) is 0 Å². The molecule has 0 aliphatic heterocycles. The van der Waals surface area contributed by atoms with Crippen LogP contribution in [0.5, 0.6) is 11.5 Å². The van der Waals surface area contributed by atoms with Gasteiger partial charge in [0.25, 0.3) is 0 Å². The van der Waals surface area contributed by atoms with Gasteiger partial charge < -0.3 is 20.7 Å². The van der Waals surface area contributed by atoms with Crippen molar-refractivity contribution < 1.29 is 14.9 Å². The number of aliphatic hydroxyl groups is 1. The lowest BCUT2D eigenvalue weighted by Gasteiger charge is -2.30. The van der Waals surface area contributed by atoms with Gasteiger partial charge in [-0.25, -0.2) is 0 Å². The van der Waals surface area contributed by atoms with Gasteiger partial charge in [0.05, 0.1) is 23.2 Å². The van der Waals surface area contributed by atoms with Crippen LogP contribution in [-0.4, -0.2) is 22.9 Å². The van der Waals surface area contributed by atoms with Crippen molar-refractivity contribution in [3.05, 3.63) is 22.2 Å². The molecule has 0 unspecified atom stereocenters. The summed E-state index contributed by atoms with van der Waals surface area (Å²) in [6, 6.07) is 3.01. The van der Waals surface area contributed by atoms with E-state index in [1.165, 1.54) is 6.42 Å². The number of halogens is 2. The zero-order valence-corrected chi connectivity index (χ0v) is 15.2. The van der Waals surface area contributed by atoms with Crippen molar-refractivity contribution in [3.8, 4) is 11.5 Å². The normalized spacial score (nSPS) is 18.4. The minimum absolute atomic E-state index is 0.